The summed E-state index contributed by atoms with van der Waals surface area (Å²) in [5.74, 6) is 0.550. The van der Waals surface area contributed by atoms with E-state index >= 15 is 0 Å². The van der Waals surface area contributed by atoms with Crippen LogP contribution >= 0.6 is 11.8 Å². The van der Waals surface area contributed by atoms with Crippen molar-refractivity contribution in [2.24, 2.45) is 11.1 Å². The van der Waals surface area contributed by atoms with Crippen LogP contribution in [0.1, 0.15) is 25.5 Å². The van der Waals surface area contributed by atoms with Crippen molar-refractivity contribution in [2.75, 3.05) is 30.3 Å². The number of aromatic nitrogens is 4. The number of halogens is 3. The van der Waals surface area contributed by atoms with Crippen molar-refractivity contribution in [3.63, 3.8) is 0 Å². The maximum atomic E-state index is 13.4. The third kappa shape index (κ3) is 4.25. The molecule has 3 aromatic heterocycles. The van der Waals surface area contributed by atoms with E-state index < -0.39 is 11.9 Å². The number of nitrogen functional groups attached to an aromatic ring is 1. The van der Waals surface area contributed by atoms with Gasteiger partial charge < -0.3 is 21.1 Å². The Labute approximate surface area is 198 Å². The monoisotopic (exact) mass is 491 g/mol. The number of pyridine rings is 2. The number of anilines is 2. The minimum absolute atomic E-state index is 0.0140. The minimum Gasteiger partial charge on any atom is -0.384 e. The topological polar surface area (TPSA) is 116 Å². The molecule has 0 radical (unpaired) electrons. The summed E-state index contributed by atoms with van der Waals surface area (Å²) in [6.45, 7) is 4.32. The van der Waals surface area contributed by atoms with Crippen molar-refractivity contribution in [1.29, 1.82) is 0 Å². The van der Waals surface area contributed by atoms with Crippen LogP contribution in [0, 0.1) is 5.41 Å². The molecule has 0 amide bonds. The van der Waals surface area contributed by atoms with Gasteiger partial charge >= 0.3 is 6.18 Å². The SMILES string of the molecule is C[C@@H]1OCC2(CCN(c3cnc4nc(Sc5ccc(N)nc5C(F)(F)F)ccc4n3)CC2)[C@@H]1N. The Bertz CT molecular complexity index is 1220. The summed E-state index contributed by atoms with van der Waals surface area (Å²) in [6, 6.07) is 6.00. The van der Waals surface area contributed by atoms with Gasteiger partial charge in [0.2, 0.25) is 0 Å². The van der Waals surface area contributed by atoms with Crippen LogP contribution in [0.5, 0.6) is 0 Å². The minimum atomic E-state index is -4.62. The highest BCUT2D eigenvalue weighted by Crippen LogP contribution is 2.42. The molecule has 1 spiro atoms. The smallest absolute Gasteiger partial charge is 0.384 e. The number of nitrogens with two attached hydrogens (primary N) is 2. The number of fused-ring (bicyclic) bond motifs is 1. The summed E-state index contributed by atoms with van der Waals surface area (Å²) in [5, 5.41) is 0.357. The van der Waals surface area contributed by atoms with E-state index in [2.05, 4.69) is 24.8 Å². The van der Waals surface area contributed by atoms with Gasteiger partial charge in [0, 0.05) is 29.4 Å². The average Bonchev–Trinajstić information content (AvgIpc) is 3.08. The van der Waals surface area contributed by atoms with Crippen molar-refractivity contribution in [3.8, 4) is 0 Å². The van der Waals surface area contributed by atoms with Gasteiger partial charge in [-0.15, -0.1) is 0 Å². The van der Waals surface area contributed by atoms with Crippen molar-refractivity contribution in [3.05, 3.63) is 36.2 Å². The van der Waals surface area contributed by atoms with Gasteiger partial charge in [0.25, 0.3) is 0 Å². The molecule has 2 aliphatic heterocycles. The molecule has 8 nitrogen and oxygen atoms in total. The molecule has 5 rings (SSSR count). The van der Waals surface area contributed by atoms with E-state index in [4.69, 9.17) is 16.2 Å². The van der Waals surface area contributed by atoms with E-state index in [1.807, 2.05) is 6.92 Å². The summed E-state index contributed by atoms with van der Waals surface area (Å²) in [7, 11) is 0. The van der Waals surface area contributed by atoms with E-state index in [1.54, 1.807) is 18.3 Å². The lowest BCUT2D eigenvalue weighted by Gasteiger charge is -2.41. The van der Waals surface area contributed by atoms with E-state index in [-0.39, 0.29) is 28.3 Å². The molecule has 0 saturated carbocycles. The Morgan fingerprint density at radius 3 is 2.56 bits per heavy atom. The van der Waals surface area contributed by atoms with Crippen LogP contribution in [-0.2, 0) is 10.9 Å². The number of piperidine rings is 1. The third-order valence-electron chi connectivity index (χ3n) is 6.66. The van der Waals surface area contributed by atoms with Crippen molar-refractivity contribution >= 4 is 34.6 Å². The van der Waals surface area contributed by atoms with E-state index in [1.165, 1.54) is 12.1 Å². The maximum Gasteiger partial charge on any atom is 0.434 e. The van der Waals surface area contributed by atoms with Crippen LogP contribution in [0.2, 0.25) is 0 Å². The summed E-state index contributed by atoms with van der Waals surface area (Å²) in [4.78, 5) is 19.0. The van der Waals surface area contributed by atoms with Crippen LogP contribution in [0.3, 0.4) is 0 Å². The molecule has 2 aliphatic rings. The lowest BCUT2D eigenvalue weighted by atomic mass is 9.73. The van der Waals surface area contributed by atoms with Crippen molar-refractivity contribution < 1.29 is 17.9 Å². The molecule has 0 aromatic carbocycles. The molecule has 0 unspecified atom stereocenters. The predicted molar refractivity (Wildman–Crippen MR) is 122 cm³/mol. The Morgan fingerprint density at radius 1 is 1.12 bits per heavy atom. The van der Waals surface area contributed by atoms with Crippen LogP contribution in [0.25, 0.3) is 11.2 Å². The molecular weight excluding hydrogens is 467 g/mol. The molecule has 2 atom stereocenters. The first-order valence-corrected chi connectivity index (χ1v) is 11.7. The van der Waals surface area contributed by atoms with E-state index in [0.29, 0.717) is 22.8 Å². The number of ether oxygens (including phenoxy) is 1. The molecule has 3 aromatic rings. The van der Waals surface area contributed by atoms with Gasteiger partial charge in [-0.05, 0) is 44.0 Å². The van der Waals surface area contributed by atoms with Crippen molar-refractivity contribution in [2.45, 2.75) is 48.0 Å². The van der Waals surface area contributed by atoms with Gasteiger partial charge in [-0.2, -0.15) is 13.2 Å². The van der Waals surface area contributed by atoms with Gasteiger partial charge in [0.1, 0.15) is 22.2 Å². The first-order chi connectivity index (χ1) is 16.1. The van der Waals surface area contributed by atoms with Crippen molar-refractivity contribution in [1.82, 2.24) is 19.9 Å². The fourth-order valence-electron chi connectivity index (χ4n) is 4.60. The Balaban J connectivity index is 1.33. The quantitative estimate of drug-likeness (QED) is 0.568. The second-order valence-corrected chi connectivity index (χ2v) is 9.86. The summed E-state index contributed by atoms with van der Waals surface area (Å²) in [5.41, 5.74) is 11.8. The summed E-state index contributed by atoms with van der Waals surface area (Å²) in [6.07, 6.45) is -1.06. The molecule has 2 fully saturated rings. The Kier molecular flexibility index (Phi) is 5.77. The molecule has 34 heavy (non-hydrogen) atoms. The zero-order valence-electron chi connectivity index (χ0n) is 18.4. The number of rotatable bonds is 3. The van der Waals surface area contributed by atoms with Gasteiger partial charge in [-0.25, -0.2) is 19.9 Å². The summed E-state index contributed by atoms with van der Waals surface area (Å²) < 4.78 is 45.8. The number of nitrogens with zero attached hydrogens (tertiary/aromatic N) is 5. The third-order valence-corrected chi connectivity index (χ3v) is 7.64. The van der Waals surface area contributed by atoms with Gasteiger partial charge in [0.15, 0.2) is 11.3 Å². The Morgan fingerprint density at radius 2 is 1.88 bits per heavy atom. The van der Waals surface area contributed by atoms with Crippen LogP contribution in [0.4, 0.5) is 24.8 Å². The standard InChI is InChI=1S/C22H24F3N7OS/c1-12-18(27)21(11-33-12)6-8-32(9-7-21)16-10-28-20-13(29-16)2-5-17(31-20)34-14-3-4-15(26)30-19(14)22(23,24)25/h2-5,10,12,18H,6-9,11,27H2,1H3,(H2,26,30)/t12-,18+/m0/s1. The van der Waals surface area contributed by atoms with Crippen LogP contribution in [-0.4, -0.2) is 51.8 Å². The fourth-order valence-corrected chi connectivity index (χ4v) is 5.49. The Hall–Kier alpha value is -2.70. The number of hydrogen-bond donors (Lipinski definition) is 2. The maximum absolute atomic E-state index is 13.4. The molecule has 5 heterocycles. The number of hydrogen-bond acceptors (Lipinski definition) is 9. The molecule has 0 bridgehead atoms. The molecule has 2 saturated heterocycles. The van der Waals surface area contributed by atoms with Gasteiger partial charge in [0.05, 0.1) is 18.9 Å². The summed E-state index contributed by atoms with van der Waals surface area (Å²) >= 11 is 0.857. The molecule has 180 valence electrons. The fraction of sp³-hybridized carbons (Fsp3) is 0.455. The zero-order valence-corrected chi connectivity index (χ0v) is 19.2. The first-order valence-electron chi connectivity index (χ1n) is 10.9. The van der Waals surface area contributed by atoms with E-state index in [0.717, 1.165) is 43.5 Å². The van der Waals surface area contributed by atoms with Gasteiger partial charge in [-0.3, -0.25) is 0 Å². The highest BCUT2D eigenvalue weighted by molar-refractivity contribution is 7.99. The molecule has 4 N–H and O–H groups in total. The molecule has 0 aliphatic carbocycles. The largest absolute Gasteiger partial charge is 0.434 e. The lowest BCUT2D eigenvalue weighted by molar-refractivity contribution is -0.143. The van der Waals surface area contributed by atoms with E-state index in [9.17, 15) is 13.2 Å². The second kappa shape index (κ2) is 8.51. The lowest BCUT2D eigenvalue weighted by Crippen LogP contribution is -2.50. The second-order valence-electron chi connectivity index (χ2n) is 8.79. The van der Waals surface area contributed by atoms with Gasteiger partial charge in [-0.1, -0.05) is 11.8 Å². The molecule has 12 heteroatoms. The first kappa shape index (κ1) is 23.1. The van der Waals surface area contributed by atoms with Crippen LogP contribution < -0.4 is 16.4 Å². The highest BCUT2D eigenvalue weighted by Gasteiger charge is 2.47. The highest BCUT2D eigenvalue weighted by atomic mass is 32.2. The predicted octanol–water partition coefficient (Wildman–Crippen LogP) is 3.50. The average molecular weight is 492 g/mol. The normalized spacial score (nSPS) is 22.6. The zero-order chi connectivity index (χ0) is 24.1. The molecular formula is C22H24F3N7OS. The van der Waals surface area contributed by atoms with Crippen LogP contribution in [0.15, 0.2) is 40.4 Å². The number of alkyl halides is 3.